The molecule has 0 fully saturated rings. The van der Waals surface area contributed by atoms with Gasteiger partial charge in [0.05, 0.1) is 18.2 Å². The Bertz CT molecular complexity index is 1080. The molecule has 0 bridgehead atoms. The Kier molecular flexibility index (Phi) is 5.33. The fourth-order valence-electron chi connectivity index (χ4n) is 2.33. The van der Waals surface area contributed by atoms with Crippen LogP contribution < -0.4 is 4.74 Å². The number of aromatic nitrogens is 2. The molecule has 0 saturated carbocycles. The maximum atomic E-state index is 9.56. The number of aromatic amines is 1. The molecule has 0 spiro atoms. The number of methoxy groups -OCH3 is 1. The molecule has 124 valence electrons. The van der Waals surface area contributed by atoms with Crippen molar-refractivity contribution in [3.8, 4) is 11.8 Å². The van der Waals surface area contributed by atoms with Crippen molar-refractivity contribution in [3.63, 3.8) is 0 Å². The van der Waals surface area contributed by atoms with Gasteiger partial charge in [-0.05, 0) is 51.8 Å². The predicted molar refractivity (Wildman–Crippen MR) is 109 cm³/mol. The Morgan fingerprint density at radius 3 is 2.64 bits per heavy atom. The highest BCUT2D eigenvalue weighted by molar-refractivity contribution is 9.11. The third-order valence-electron chi connectivity index (χ3n) is 3.54. The number of halogens is 2. The lowest BCUT2D eigenvalue weighted by Gasteiger charge is -2.06. The van der Waals surface area contributed by atoms with Crippen molar-refractivity contribution >= 4 is 66.6 Å². The first kappa shape index (κ1) is 17.8. The van der Waals surface area contributed by atoms with Gasteiger partial charge < -0.3 is 9.72 Å². The number of nitriles is 1. The third-order valence-corrected chi connectivity index (χ3v) is 4.94. The standard InChI is InChI=1S/C18H11Br2N3OS/c1-24-13-4-2-10(3-5-13)6-11(9-21)17-22-16-14(18(25)23-17)7-12(19)8-15(16)20/h2-8H,1H3,(H,22,23,25)/b11-6+. The predicted octanol–water partition coefficient (Wildman–Crippen LogP) is 5.89. The number of H-pyrrole nitrogens is 1. The molecule has 0 unspecified atom stereocenters. The van der Waals surface area contributed by atoms with Gasteiger partial charge >= 0.3 is 0 Å². The van der Waals surface area contributed by atoms with Crippen molar-refractivity contribution < 1.29 is 4.74 Å². The quantitative estimate of drug-likeness (QED) is 0.378. The van der Waals surface area contributed by atoms with Crippen LogP contribution >= 0.6 is 44.1 Å². The molecule has 1 N–H and O–H groups in total. The topological polar surface area (TPSA) is 61.7 Å². The molecular formula is C18H11Br2N3OS. The van der Waals surface area contributed by atoms with E-state index < -0.39 is 0 Å². The Morgan fingerprint density at radius 2 is 2.00 bits per heavy atom. The molecular weight excluding hydrogens is 466 g/mol. The SMILES string of the molecule is COc1ccc(/C=C(\C#N)c2nc(=S)c3cc(Br)cc(Br)c3[nH]2)cc1. The maximum absolute atomic E-state index is 9.56. The van der Waals surface area contributed by atoms with Crippen LogP contribution in [0.1, 0.15) is 11.4 Å². The molecule has 3 aromatic rings. The lowest BCUT2D eigenvalue weighted by molar-refractivity contribution is 0.415. The summed E-state index contributed by atoms with van der Waals surface area (Å²) < 4.78 is 7.32. The summed E-state index contributed by atoms with van der Waals surface area (Å²) in [4.78, 5) is 7.58. The number of rotatable bonds is 3. The fourth-order valence-corrected chi connectivity index (χ4v) is 3.90. The largest absolute Gasteiger partial charge is 0.497 e. The molecule has 3 rings (SSSR count). The minimum Gasteiger partial charge on any atom is -0.497 e. The van der Waals surface area contributed by atoms with Gasteiger partial charge in [0.2, 0.25) is 0 Å². The number of hydrogen-bond acceptors (Lipinski definition) is 4. The van der Waals surface area contributed by atoms with Crippen LogP contribution in [0, 0.1) is 16.0 Å². The van der Waals surface area contributed by atoms with Gasteiger partial charge in [0, 0.05) is 14.3 Å². The van der Waals surface area contributed by atoms with Gasteiger partial charge in [-0.15, -0.1) is 0 Å². The van der Waals surface area contributed by atoms with Gasteiger partial charge in [0.25, 0.3) is 0 Å². The lowest BCUT2D eigenvalue weighted by atomic mass is 10.1. The second-order valence-corrected chi connectivity index (χ2v) is 7.30. The summed E-state index contributed by atoms with van der Waals surface area (Å²) in [6.07, 6.45) is 1.76. The lowest BCUT2D eigenvalue weighted by Crippen LogP contribution is -1.96. The first-order valence-corrected chi connectivity index (χ1v) is 9.16. The van der Waals surface area contributed by atoms with E-state index in [9.17, 15) is 5.26 Å². The van der Waals surface area contributed by atoms with Crippen LogP contribution in [-0.2, 0) is 0 Å². The average molecular weight is 477 g/mol. The first-order valence-electron chi connectivity index (χ1n) is 7.17. The molecule has 0 radical (unpaired) electrons. The van der Waals surface area contributed by atoms with Crippen LogP contribution in [0.4, 0.5) is 0 Å². The summed E-state index contributed by atoms with van der Waals surface area (Å²) in [7, 11) is 1.61. The first-order chi connectivity index (χ1) is 12.0. The highest BCUT2D eigenvalue weighted by atomic mass is 79.9. The molecule has 0 aliphatic carbocycles. The number of benzene rings is 2. The smallest absolute Gasteiger partial charge is 0.150 e. The third kappa shape index (κ3) is 3.82. The van der Waals surface area contributed by atoms with E-state index in [1.807, 2.05) is 36.4 Å². The van der Waals surface area contributed by atoms with Crippen LogP contribution in [-0.4, -0.2) is 17.1 Å². The average Bonchev–Trinajstić information content (AvgIpc) is 2.61. The van der Waals surface area contributed by atoms with Crippen LogP contribution in [0.2, 0.25) is 0 Å². The number of fused-ring (bicyclic) bond motifs is 1. The molecule has 25 heavy (non-hydrogen) atoms. The molecule has 0 atom stereocenters. The van der Waals surface area contributed by atoms with Crippen molar-refractivity contribution in [2.45, 2.75) is 0 Å². The Morgan fingerprint density at radius 1 is 1.28 bits per heavy atom. The summed E-state index contributed by atoms with van der Waals surface area (Å²) in [5.41, 5.74) is 2.07. The Balaban J connectivity index is 2.14. The van der Waals surface area contributed by atoms with Crippen LogP contribution in [0.5, 0.6) is 5.75 Å². The fraction of sp³-hybridized carbons (Fsp3) is 0.0556. The molecule has 0 aliphatic heterocycles. The number of ether oxygens (including phenoxy) is 1. The van der Waals surface area contributed by atoms with Crippen LogP contribution in [0.25, 0.3) is 22.6 Å². The second-order valence-electron chi connectivity index (χ2n) is 5.14. The van der Waals surface area contributed by atoms with E-state index in [0.717, 1.165) is 31.2 Å². The van der Waals surface area contributed by atoms with Gasteiger partial charge in [0.15, 0.2) is 0 Å². The highest BCUT2D eigenvalue weighted by Gasteiger charge is 2.10. The Hall–Kier alpha value is -2.01. The summed E-state index contributed by atoms with van der Waals surface area (Å²) in [5, 5.41) is 10.4. The summed E-state index contributed by atoms with van der Waals surface area (Å²) in [5.74, 6) is 1.19. The van der Waals surface area contributed by atoms with E-state index in [0.29, 0.717) is 16.0 Å². The number of nitrogens with one attached hydrogen (secondary N) is 1. The summed E-state index contributed by atoms with van der Waals surface area (Å²) >= 11 is 12.4. The minimum absolute atomic E-state index is 0.396. The van der Waals surface area contributed by atoms with Crippen molar-refractivity contribution in [1.82, 2.24) is 9.97 Å². The number of hydrogen-bond donors (Lipinski definition) is 1. The number of allylic oxidation sites excluding steroid dienone is 1. The van der Waals surface area contributed by atoms with E-state index in [4.69, 9.17) is 17.0 Å². The second kappa shape index (κ2) is 7.48. The zero-order chi connectivity index (χ0) is 18.0. The molecule has 7 heteroatoms. The zero-order valence-electron chi connectivity index (χ0n) is 13.0. The molecule has 1 heterocycles. The van der Waals surface area contributed by atoms with Gasteiger partial charge in [-0.1, -0.05) is 40.3 Å². The van der Waals surface area contributed by atoms with Gasteiger partial charge in [-0.25, -0.2) is 4.98 Å². The van der Waals surface area contributed by atoms with Crippen molar-refractivity contribution in [1.29, 1.82) is 5.26 Å². The zero-order valence-corrected chi connectivity index (χ0v) is 17.0. The van der Waals surface area contributed by atoms with Crippen molar-refractivity contribution in [2.24, 2.45) is 0 Å². The molecule has 0 amide bonds. The highest BCUT2D eigenvalue weighted by Crippen LogP contribution is 2.29. The minimum atomic E-state index is 0.396. The van der Waals surface area contributed by atoms with E-state index in [1.54, 1.807) is 13.2 Å². The van der Waals surface area contributed by atoms with E-state index in [-0.39, 0.29) is 0 Å². The van der Waals surface area contributed by atoms with Crippen molar-refractivity contribution in [2.75, 3.05) is 7.11 Å². The molecule has 0 aliphatic rings. The van der Waals surface area contributed by atoms with Crippen LogP contribution in [0.3, 0.4) is 0 Å². The summed E-state index contributed by atoms with van der Waals surface area (Å²) in [6, 6.07) is 13.4. The molecule has 4 nitrogen and oxygen atoms in total. The maximum Gasteiger partial charge on any atom is 0.150 e. The molecule has 1 aromatic heterocycles. The van der Waals surface area contributed by atoms with Gasteiger partial charge in [0.1, 0.15) is 22.3 Å². The van der Waals surface area contributed by atoms with Crippen molar-refractivity contribution in [3.05, 3.63) is 61.4 Å². The molecule has 0 saturated heterocycles. The van der Waals surface area contributed by atoms with Gasteiger partial charge in [-0.3, -0.25) is 0 Å². The van der Waals surface area contributed by atoms with Gasteiger partial charge in [-0.2, -0.15) is 5.26 Å². The van der Waals surface area contributed by atoms with Crippen LogP contribution in [0.15, 0.2) is 45.3 Å². The van der Waals surface area contributed by atoms with E-state index >= 15 is 0 Å². The van der Waals surface area contributed by atoms with E-state index in [2.05, 4.69) is 47.9 Å². The Labute approximate surface area is 166 Å². The number of nitrogens with zero attached hydrogens (tertiary/aromatic N) is 2. The monoisotopic (exact) mass is 475 g/mol. The summed E-state index contributed by atoms with van der Waals surface area (Å²) in [6.45, 7) is 0. The normalized spacial score (nSPS) is 11.4. The van der Waals surface area contributed by atoms with E-state index in [1.165, 1.54) is 0 Å². The molecule has 2 aromatic carbocycles.